The molecule has 76 valence electrons. The molecule has 0 aromatic heterocycles. The molecule has 0 aromatic rings. The number of hydrogen-bond acceptors (Lipinski definition) is 3. The number of unbranched alkanes of at least 4 members (excludes halogenated alkanes) is 4. The summed E-state index contributed by atoms with van der Waals surface area (Å²) in [6.45, 7) is 2.13. The largest absolute Gasteiger partial charge is 0.385 e. The number of carbonyl (C=O) groups excluding carboxylic acids is 2. The lowest BCUT2D eigenvalue weighted by Crippen LogP contribution is -2.20. The van der Waals surface area contributed by atoms with Crippen molar-refractivity contribution in [2.24, 2.45) is 0 Å². The molecular formula is C10H18O3. The number of carbonyl (C=O) groups is 2. The zero-order valence-corrected chi connectivity index (χ0v) is 8.16. The van der Waals surface area contributed by atoms with Gasteiger partial charge in [0.2, 0.25) is 5.78 Å². The Morgan fingerprint density at radius 2 is 1.92 bits per heavy atom. The lowest BCUT2D eigenvalue weighted by atomic mass is 10.1. The Labute approximate surface area is 79.1 Å². The number of aldehydes is 1. The lowest BCUT2D eigenvalue weighted by Gasteiger charge is -2.04. The first-order chi connectivity index (χ1) is 6.22. The molecule has 1 N–H and O–H groups in total. The molecule has 0 aliphatic carbocycles. The highest BCUT2D eigenvalue weighted by atomic mass is 16.3. The summed E-state index contributed by atoms with van der Waals surface area (Å²) in [4.78, 5) is 20.6. The van der Waals surface area contributed by atoms with Gasteiger partial charge in [-0.3, -0.25) is 9.59 Å². The number of aliphatic hydroxyl groups excluding tert-OH is 1. The molecule has 0 spiro atoms. The molecule has 1 atom stereocenters. The molecule has 0 saturated carbocycles. The highest BCUT2D eigenvalue weighted by Crippen LogP contribution is 2.07. The second-order valence-electron chi connectivity index (χ2n) is 3.24. The maximum Gasteiger partial charge on any atom is 0.223 e. The van der Waals surface area contributed by atoms with Gasteiger partial charge in [-0.25, -0.2) is 0 Å². The molecule has 0 radical (unpaired) electrons. The van der Waals surface area contributed by atoms with Crippen molar-refractivity contribution in [3.63, 3.8) is 0 Å². The van der Waals surface area contributed by atoms with Gasteiger partial charge in [0.05, 0.1) is 0 Å². The molecule has 3 nitrogen and oxygen atoms in total. The first-order valence-corrected chi connectivity index (χ1v) is 4.89. The van der Waals surface area contributed by atoms with Gasteiger partial charge in [0, 0.05) is 0 Å². The van der Waals surface area contributed by atoms with Crippen LogP contribution in [-0.4, -0.2) is 23.3 Å². The van der Waals surface area contributed by atoms with E-state index in [9.17, 15) is 9.59 Å². The van der Waals surface area contributed by atoms with Crippen molar-refractivity contribution in [2.75, 3.05) is 0 Å². The van der Waals surface area contributed by atoms with Crippen molar-refractivity contribution in [1.82, 2.24) is 0 Å². The van der Waals surface area contributed by atoms with E-state index < -0.39 is 11.9 Å². The van der Waals surface area contributed by atoms with E-state index in [-0.39, 0.29) is 6.29 Å². The fraction of sp³-hybridized carbons (Fsp3) is 0.800. The maximum atomic E-state index is 10.6. The Morgan fingerprint density at radius 1 is 1.31 bits per heavy atom. The van der Waals surface area contributed by atoms with Gasteiger partial charge in [-0.15, -0.1) is 0 Å². The summed E-state index contributed by atoms with van der Waals surface area (Å²) in [5.74, 6) is -0.699. The quantitative estimate of drug-likeness (QED) is 0.355. The van der Waals surface area contributed by atoms with Gasteiger partial charge in [-0.2, -0.15) is 0 Å². The average Bonchev–Trinajstić information content (AvgIpc) is 2.16. The number of hydrogen-bond donors (Lipinski definition) is 1. The molecular weight excluding hydrogens is 168 g/mol. The van der Waals surface area contributed by atoms with E-state index in [1.807, 2.05) is 0 Å². The monoisotopic (exact) mass is 186 g/mol. The van der Waals surface area contributed by atoms with Crippen LogP contribution in [0.15, 0.2) is 0 Å². The van der Waals surface area contributed by atoms with Gasteiger partial charge in [0.25, 0.3) is 0 Å². The first-order valence-electron chi connectivity index (χ1n) is 4.89. The molecule has 0 saturated heterocycles. The summed E-state index contributed by atoms with van der Waals surface area (Å²) in [6.07, 6.45) is 4.89. The first kappa shape index (κ1) is 12.3. The van der Waals surface area contributed by atoms with Crippen LogP contribution in [0.5, 0.6) is 0 Å². The van der Waals surface area contributed by atoms with Crippen LogP contribution in [0.25, 0.3) is 0 Å². The maximum absolute atomic E-state index is 10.6. The average molecular weight is 186 g/mol. The number of aliphatic hydroxyl groups is 1. The fourth-order valence-electron chi connectivity index (χ4n) is 1.16. The molecule has 0 amide bonds. The van der Waals surface area contributed by atoms with E-state index in [0.717, 1.165) is 19.3 Å². The summed E-state index contributed by atoms with van der Waals surface area (Å²) >= 11 is 0. The molecule has 1 unspecified atom stereocenters. The molecule has 0 aliphatic heterocycles. The zero-order chi connectivity index (χ0) is 10.1. The van der Waals surface area contributed by atoms with Crippen LogP contribution < -0.4 is 0 Å². The number of Topliss-reactive ketones (excluding diaryl/α,β-unsaturated/α-hetero) is 1. The molecule has 3 heteroatoms. The third kappa shape index (κ3) is 6.46. The molecule has 0 aromatic carbocycles. The Hall–Kier alpha value is -0.700. The minimum Gasteiger partial charge on any atom is -0.385 e. The van der Waals surface area contributed by atoms with Crippen LogP contribution in [0.2, 0.25) is 0 Å². The van der Waals surface area contributed by atoms with Crippen molar-refractivity contribution >= 4 is 12.1 Å². The van der Waals surface area contributed by atoms with Crippen LogP contribution in [0.1, 0.15) is 45.4 Å². The highest BCUT2D eigenvalue weighted by Gasteiger charge is 2.12. The Bertz CT molecular complexity index is 154. The SMILES string of the molecule is CCCCCCCC(O)C(=O)C=O. The van der Waals surface area contributed by atoms with Crippen molar-refractivity contribution in [3.05, 3.63) is 0 Å². The normalized spacial score (nSPS) is 12.5. The molecule has 0 aliphatic rings. The van der Waals surface area contributed by atoms with Crippen LogP contribution in [0, 0.1) is 0 Å². The highest BCUT2D eigenvalue weighted by molar-refractivity contribution is 6.26. The molecule has 0 bridgehead atoms. The van der Waals surface area contributed by atoms with E-state index in [1.165, 1.54) is 12.8 Å². The van der Waals surface area contributed by atoms with Crippen LogP contribution in [-0.2, 0) is 9.59 Å². The minimum absolute atomic E-state index is 0.191. The minimum atomic E-state index is -1.07. The molecule has 0 heterocycles. The van der Waals surface area contributed by atoms with Crippen LogP contribution in [0.3, 0.4) is 0 Å². The van der Waals surface area contributed by atoms with Gasteiger partial charge in [-0.1, -0.05) is 39.0 Å². The molecule has 0 fully saturated rings. The van der Waals surface area contributed by atoms with Crippen LogP contribution >= 0.6 is 0 Å². The third-order valence-electron chi connectivity index (χ3n) is 2.03. The van der Waals surface area contributed by atoms with Gasteiger partial charge in [0.15, 0.2) is 6.29 Å². The van der Waals surface area contributed by atoms with Gasteiger partial charge in [-0.05, 0) is 6.42 Å². The zero-order valence-electron chi connectivity index (χ0n) is 8.16. The predicted octanol–water partition coefficient (Wildman–Crippen LogP) is 1.48. The fourth-order valence-corrected chi connectivity index (χ4v) is 1.16. The summed E-state index contributed by atoms with van der Waals surface area (Å²) < 4.78 is 0. The summed E-state index contributed by atoms with van der Waals surface area (Å²) in [7, 11) is 0. The van der Waals surface area contributed by atoms with E-state index in [0.29, 0.717) is 6.42 Å². The summed E-state index contributed by atoms with van der Waals surface area (Å²) in [5.41, 5.74) is 0. The van der Waals surface area contributed by atoms with Gasteiger partial charge >= 0.3 is 0 Å². The van der Waals surface area contributed by atoms with Gasteiger partial charge < -0.3 is 5.11 Å². The Balaban J connectivity index is 3.31. The molecule has 13 heavy (non-hydrogen) atoms. The Morgan fingerprint density at radius 3 is 2.46 bits per heavy atom. The van der Waals surface area contributed by atoms with E-state index >= 15 is 0 Å². The number of rotatable bonds is 8. The topological polar surface area (TPSA) is 54.4 Å². The van der Waals surface area contributed by atoms with Crippen molar-refractivity contribution < 1.29 is 14.7 Å². The second-order valence-corrected chi connectivity index (χ2v) is 3.24. The van der Waals surface area contributed by atoms with E-state index in [4.69, 9.17) is 5.11 Å². The standard InChI is InChI=1S/C10H18O3/c1-2-3-4-5-6-7-9(12)10(13)8-11/h8-9,12H,2-7H2,1H3. The predicted molar refractivity (Wildman–Crippen MR) is 50.5 cm³/mol. The van der Waals surface area contributed by atoms with Crippen molar-refractivity contribution in [2.45, 2.75) is 51.6 Å². The van der Waals surface area contributed by atoms with Gasteiger partial charge in [0.1, 0.15) is 6.10 Å². The second kappa shape index (κ2) is 7.92. The van der Waals surface area contributed by atoms with E-state index in [2.05, 4.69) is 6.92 Å². The summed E-state index contributed by atoms with van der Waals surface area (Å²) in [5, 5.41) is 9.09. The van der Waals surface area contributed by atoms with Crippen molar-refractivity contribution in [1.29, 1.82) is 0 Å². The molecule has 0 rings (SSSR count). The lowest BCUT2D eigenvalue weighted by molar-refractivity contribution is -0.135. The summed E-state index contributed by atoms with van der Waals surface area (Å²) in [6, 6.07) is 0. The van der Waals surface area contributed by atoms with Crippen molar-refractivity contribution in [3.8, 4) is 0 Å². The van der Waals surface area contributed by atoms with E-state index in [1.54, 1.807) is 0 Å². The Kier molecular flexibility index (Phi) is 7.50. The van der Waals surface area contributed by atoms with Crippen LogP contribution in [0.4, 0.5) is 0 Å². The smallest absolute Gasteiger partial charge is 0.223 e. The third-order valence-corrected chi connectivity index (χ3v) is 2.03. The number of ketones is 1.